The van der Waals surface area contributed by atoms with Gasteiger partial charge in [-0.25, -0.2) is 0 Å². The minimum Gasteiger partial charge on any atom is -0.462 e. The van der Waals surface area contributed by atoms with Crippen LogP contribution in [0.4, 0.5) is 0 Å². The van der Waals surface area contributed by atoms with Gasteiger partial charge in [-0.2, -0.15) is 0 Å². The summed E-state index contributed by atoms with van der Waals surface area (Å²) in [6.45, 7) is 6.44. The smallest absolute Gasteiger partial charge is 0.306 e. The van der Waals surface area contributed by atoms with Crippen LogP contribution in [0.2, 0.25) is 0 Å². The molecule has 0 N–H and O–H groups in total. The minimum atomic E-state index is -0.797. The number of carbonyl (C=O) groups is 3. The molecule has 0 aliphatic carbocycles. The number of ether oxygens (including phenoxy) is 3. The van der Waals surface area contributed by atoms with E-state index in [-0.39, 0.29) is 31.1 Å². The van der Waals surface area contributed by atoms with Gasteiger partial charge in [0.15, 0.2) is 6.10 Å². The molecular weight excluding hydrogens is 757 g/mol. The summed E-state index contributed by atoms with van der Waals surface area (Å²) in [4.78, 5) is 37.9. The Morgan fingerprint density at radius 2 is 0.705 bits per heavy atom. The third-order valence-corrected chi connectivity index (χ3v) is 10.7. The number of allylic oxidation sites excluding steroid dienone is 12. The predicted octanol–water partition coefficient (Wildman–Crippen LogP) is 16.6. The second kappa shape index (κ2) is 49.5. The van der Waals surface area contributed by atoms with Crippen LogP contribution in [0.3, 0.4) is 0 Å². The zero-order chi connectivity index (χ0) is 44.4. The van der Waals surface area contributed by atoms with Crippen LogP contribution in [0.15, 0.2) is 72.9 Å². The molecule has 0 saturated heterocycles. The second-order valence-corrected chi connectivity index (χ2v) is 16.7. The largest absolute Gasteiger partial charge is 0.462 e. The van der Waals surface area contributed by atoms with E-state index in [2.05, 4.69) is 93.7 Å². The fourth-order valence-corrected chi connectivity index (χ4v) is 6.84. The van der Waals surface area contributed by atoms with Gasteiger partial charge in [-0.05, 0) is 96.3 Å². The Hall–Kier alpha value is -3.15. The maximum Gasteiger partial charge on any atom is 0.306 e. The molecule has 6 heteroatoms. The van der Waals surface area contributed by atoms with Crippen molar-refractivity contribution in [2.45, 2.75) is 245 Å². The van der Waals surface area contributed by atoms with Crippen LogP contribution in [0.1, 0.15) is 239 Å². The van der Waals surface area contributed by atoms with E-state index in [9.17, 15) is 14.4 Å². The Morgan fingerprint density at radius 3 is 1.18 bits per heavy atom. The molecule has 1 atom stereocenters. The van der Waals surface area contributed by atoms with Crippen molar-refractivity contribution in [3.05, 3.63) is 72.9 Å². The van der Waals surface area contributed by atoms with Gasteiger partial charge >= 0.3 is 17.9 Å². The van der Waals surface area contributed by atoms with Gasteiger partial charge in [0, 0.05) is 19.3 Å². The molecule has 350 valence electrons. The number of unbranched alkanes of at least 4 members (excludes halogenated alkanes) is 23. The van der Waals surface area contributed by atoms with E-state index in [4.69, 9.17) is 14.2 Å². The third kappa shape index (κ3) is 47.7. The maximum absolute atomic E-state index is 12.8. The summed E-state index contributed by atoms with van der Waals surface area (Å²) in [5.74, 6) is -0.944. The molecule has 0 amide bonds. The van der Waals surface area contributed by atoms with E-state index in [0.29, 0.717) is 19.3 Å². The molecule has 0 fully saturated rings. The SMILES string of the molecule is CC/C=C\C/C=C\C/C=C\CCCCCCCCC(=O)OCC(COC(=O)CCCCCCC/C=C\CCCC)OC(=O)CCCCC/C=C\C=C/CCCCCCCCC. The Balaban J connectivity index is 4.44. The van der Waals surface area contributed by atoms with Crippen molar-refractivity contribution in [2.75, 3.05) is 13.2 Å². The maximum atomic E-state index is 12.8. The quantitative estimate of drug-likeness (QED) is 0.0200. The molecule has 0 spiro atoms. The van der Waals surface area contributed by atoms with Gasteiger partial charge in [0.05, 0.1) is 0 Å². The first-order valence-corrected chi connectivity index (χ1v) is 25.5. The molecule has 0 aliphatic rings. The van der Waals surface area contributed by atoms with Crippen molar-refractivity contribution in [1.82, 2.24) is 0 Å². The molecule has 0 heterocycles. The number of esters is 3. The predicted molar refractivity (Wildman–Crippen MR) is 261 cm³/mol. The summed E-state index contributed by atoms with van der Waals surface area (Å²) in [5.41, 5.74) is 0. The monoisotopic (exact) mass is 851 g/mol. The van der Waals surface area contributed by atoms with Crippen LogP contribution in [0.25, 0.3) is 0 Å². The first-order chi connectivity index (χ1) is 30.0. The summed E-state index contributed by atoms with van der Waals surface area (Å²) < 4.78 is 16.7. The molecule has 61 heavy (non-hydrogen) atoms. The molecule has 0 saturated carbocycles. The summed E-state index contributed by atoms with van der Waals surface area (Å²) in [6.07, 6.45) is 61.7. The topological polar surface area (TPSA) is 78.9 Å². The van der Waals surface area contributed by atoms with E-state index in [1.54, 1.807) is 0 Å². The average Bonchev–Trinajstić information content (AvgIpc) is 3.26. The van der Waals surface area contributed by atoms with Gasteiger partial charge < -0.3 is 14.2 Å². The standard InChI is InChI=1S/C55H94O6/c1-4-7-10-13-16-19-22-24-26-28-30-33-36-39-42-45-48-54(57)60-51-52(50-59-53(56)47-44-41-38-35-32-21-18-15-12-9-6-3)61-55(58)49-46-43-40-37-34-31-29-27-25-23-20-17-14-11-8-5-2/h7,10,15-16,18-19,24,26-27,29,31,34,52H,4-6,8-9,11-14,17,20-23,25,28,30,32-33,35-51H2,1-3H3/b10-7-,18-15-,19-16-,26-24-,29-27-,34-31-. The highest BCUT2D eigenvalue weighted by Crippen LogP contribution is 2.13. The van der Waals surface area contributed by atoms with Crippen LogP contribution >= 0.6 is 0 Å². The first kappa shape index (κ1) is 57.9. The summed E-state index contributed by atoms with van der Waals surface area (Å²) in [6, 6.07) is 0. The normalized spacial score (nSPS) is 12.6. The van der Waals surface area contributed by atoms with E-state index in [0.717, 1.165) is 109 Å². The molecule has 0 rings (SSSR count). The van der Waals surface area contributed by atoms with Crippen LogP contribution in [-0.4, -0.2) is 37.2 Å². The highest BCUT2D eigenvalue weighted by atomic mass is 16.6. The lowest BCUT2D eigenvalue weighted by Crippen LogP contribution is -2.30. The van der Waals surface area contributed by atoms with E-state index in [1.165, 1.54) is 89.9 Å². The Labute approximate surface area is 376 Å². The van der Waals surface area contributed by atoms with Gasteiger partial charge in [0.2, 0.25) is 0 Å². The highest BCUT2D eigenvalue weighted by molar-refractivity contribution is 5.71. The first-order valence-electron chi connectivity index (χ1n) is 25.5. The van der Waals surface area contributed by atoms with Gasteiger partial charge in [-0.1, -0.05) is 196 Å². The summed E-state index contributed by atoms with van der Waals surface area (Å²) in [5, 5.41) is 0. The zero-order valence-electron chi connectivity index (χ0n) is 39.9. The Bertz CT molecular complexity index is 1160. The molecule has 0 radical (unpaired) electrons. The van der Waals surface area contributed by atoms with E-state index >= 15 is 0 Å². The zero-order valence-corrected chi connectivity index (χ0v) is 39.9. The van der Waals surface area contributed by atoms with Crippen molar-refractivity contribution >= 4 is 17.9 Å². The Kier molecular flexibility index (Phi) is 46.9. The van der Waals surface area contributed by atoms with Crippen molar-refractivity contribution in [1.29, 1.82) is 0 Å². The Morgan fingerprint density at radius 1 is 0.361 bits per heavy atom. The molecule has 0 aromatic heterocycles. The number of carbonyl (C=O) groups excluding carboxylic acids is 3. The fraction of sp³-hybridized carbons (Fsp3) is 0.727. The van der Waals surface area contributed by atoms with Gasteiger partial charge in [-0.3, -0.25) is 14.4 Å². The molecular formula is C55H94O6. The van der Waals surface area contributed by atoms with Crippen molar-refractivity contribution in [2.24, 2.45) is 0 Å². The van der Waals surface area contributed by atoms with Crippen LogP contribution in [-0.2, 0) is 28.6 Å². The van der Waals surface area contributed by atoms with E-state index in [1.807, 2.05) is 0 Å². The number of hydrogen-bond donors (Lipinski definition) is 0. The lowest BCUT2D eigenvalue weighted by atomic mass is 10.1. The fourth-order valence-electron chi connectivity index (χ4n) is 6.84. The second-order valence-electron chi connectivity index (χ2n) is 16.7. The van der Waals surface area contributed by atoms with Gasteiger partial charge in [0.1, 0.15) is 13.2 Å². The lowest BCUT2D eigenvalue weighted by molar-refractivity contribution is -0.167. The molecule has 0 bridgehead atoms. The van der Waals surface area contributed by atoms with Crippen LogP contribution < -0.4 is 0 Å². The van der Waals surface area contributed by atoms with Crippen molar-refractivity contribution in [3.63, 3.8) is 0 Å². The molecule has 6 nitrogen and oxygen atoms in total. The van der Waals surface area contributed by atoms with Crippen LogP contribution in [0, 0.1) is 0 Å². The number of hydrogen-bond acceptors (Lipinski definition) is 6. The van der Waals surface area contributed by atoms with Crippen molar-refractivity contribution < 1.29 is 28.6 Å². The van der Waals surface area contributed by atoms with Gasteiger partial charge in [0.25, 0.3) is 0 Å². The van der Waals surface area contributed by atoms with Gasteiger partial charge in [-0.15, -0.1) is 0 Å². The highest BCUT2D eigenvalue weighted by Gasteiger charge is 2.19. The molecule has 0 aliphatic heterocycles. The van der Waals surface area contributed by atoms with Crippen molar-refractivity contribution in [3.8, 4) is 0 Å². The lowest BCUT2D eigenvalue weighted by Gasteiger charge is -2.18. The van der Waals surface area contributed by atoms with E-state index < -0.39 is 6.10 Å². The molecule has 0 aromatic carbocycles. The average molecular weight is 851 g/mol. The molecule has 1 unspecified atom stereocenters. The number of rotatable bonds is 45. The minimum absolute atomic E-state index is 0.0952. The third-order valence-electron chi connectivity index (χ3n) is 10.7. The summed E-state index contributed by atoms with van der Waals surface area (Å²) >= 11 is 0. The molecule has 0 aromatic rings. The summed E-state index contributed by atoms with van der Waals surface area (Å²) in [7, 11) is 0. The van der Waals surface area contributed by atoms with Crippen LogP contribution in [0.5, 0.6) is 0 Å².